The van der Waals surface area contributed by atoms with Crippen LogP contribution in [0.3, 0.4) is 0 Å². The number of aromatic amines is 1. The number of imidazole rings is 1. The number of nitrogens with zero attached hydrogens (tertiary/aromatic N) is 1. The number of aromatic nitrogens is 2. The van der Waals surface area contributed by atoms with E-state index in [1.54, 1.807) is 30.6 Å². The van der Waals surface area contributed by atoms with E-state index in [9.17, 15) is 12.8 Å². The SMILES string of the molecule is O=S(=O)(Cc1ccc(F)cc1)Nc1cccc(-c2ncc[nH]2)c1. The van der Waals surface area contributed by atoms with Crippen LogP contribution in [0.1, 0.15) is 5.56 Å². The van der Waals surface area contributed by atoms with Crippen LogP contribution in [-0.2, 0) is 15.8 Å². The molecule has 23 heavy (non-hydrogen) atoms. The first-order chi connectivity index (χ1) is 11.0. The molecule has 118 valence electrons. The van der Waals surface area contributed by atoms with Gasteiger partial charge in [0.2, 0.25) is 10.0 Å². The number of nitrogens with one attached hydrogen (secondary N) is 2. The number of hydrogen-bond acceptors (Lipinski definition) is 3. The lowest BCUT2D eigenvalue weighted by molar-refractivity contribution is 0.600. The molecular weight excluding hydrogens is 317 g/mol. The van der Waals surface area contributed by atoms with Crippen molar-refractivity contribution in [3.8, 4) is 11.4 Å². The van der Waals surface area contributed by atoms with Crippen molar-refractivity contribution < 1.29 is 12.8 Å². The Labute approximate surface area is 133 Å². The molecule has 1 aromatic heterocycles. The summed E-state index contributed by atoms with van der Waals surface area (Å²) in [4.78, 5) is 7.10. The highest BCUT2D eigenvalue weighted by Crippen LogP contribution is 2.20. The Morgan fingerprint density at radius 2 is 1.91 bits per heavy atom. The van der Waals surface area contributed by atoms with Gasteiger partial charge in [-0.15, -0.1) is 0 Å². The third-order valence-corrected chi connectivity index (χ3v) is 4.44. The maximum Gasteiger partial charge on any atom is 0.236 e. The van der Waals surface area contributed by atoms with E-state index in [1.165, 1.54) is 24.3 Å². The summed E-state index contributed by atoms with van der Waals surface area (Å²) in [6.45, 7) is 0. The van der Waals surface area contributed by atoms with Gasteiger partial charge < -0.3 is 4.98 Å². The van der Waals surface area contributed by atoms with Gasteiger partial charge in [-0.25, -0.2) is 17.8 Å². The average Bonchev–Trinajstić information content (AvgIpc) is 3.03. The molecule has 0 amide bonds. The minimum absolute atomic E-state index is 0.224. The molecule has 0 radical (unpaired) electrons. The van der Waals surface area contributed by atoms with E-state index >= 15 is 0 Å². The van der Waals surface area contributed by atoms with E-state index in [1.807, 2.05) is 6.07 Å². The zero-order valence-electron chi connectivity index (χ0n) is 12.0. The quantitative estimate of drug-likeness (QED) is 0.754. The monoisotopic (exact) mass is 331 g/mol. The number of halogens is 1. The standard InChI is InChI=1S/C16H14FN3O2S/c17-14-6-4-12(5-7-14)11-23(21,22)20-15-3-1-2-13(10-15)16-18-8-9-19-16/h1-10,20H,11H2,(H,18,19). The summed E-state index contributed by atoms with van der Waals surface area (Å²) in [7, 11) is -3.59. The molecule has 0 aliphatic rings. The molecule has 0 spiro atoms. The van der Waals surface area contributed by atoms with Crippen molar-refractivity contribution >= 4 is 15.7 Å². The summed E-state index contributed by atoms with van der Waals surface area (Å²) in [5.74, 6) is 0.0352. The van der Waals surface area contributed by atoms with Crippen LogP contribution >= 0.6 is 0 Å². The molecule has 5 nitrogen and oxygen atoms in total. The van der Waals surface area contributed by atoms with Crippen molar-refractivity contribution in [2.75, 3.05) is 4.72 Å². The Hall–Kier alpha value is -2.67. The molecule has 0 fully saturated rings. The second kappa shape index (κ2) is 6.21. The number of hydrogen-bond donors (Lipinski definition) is 2. The lowest BCUT2D eigenvalue weighted by atomic mass is 10.2. The van der Waals surface area contributed by atoms with Gasteiger partial charge in [-0.05, 0) is 29.8 Å². The van der Waals surface area contributed by atoms with Gasteiger partial charge in [-0.1, -0.05) is 24.3 Å². The Bertz CT molecular complexity index is 891. The fraction of sp³-hybridized carbons (Fsp3) is 0.0625. The first kappa shape index (κ1) is 15.2. The van der Waals surface area contributed by atoms with E-state index in [-0.39, 0.29) is 5.75 Å². The van der Waals surface area contributed by atoms with Crippen LogP contribution in [0, 0.1) is 5.82 Å². The normalized spacial score (nSPS) is 11.3. The summed E-state index contributed by atoms with van der Waals surface area (Å²) in [6, 6.07) is 12.3. The molecule has 1 heterocycles. The van der Waals surface area contributed by atoms with E-state index in [2.05, 4.69) is 14.7 Å². The number of rotatable bonds is 5. The zero-order chi connectivity index (χ0) is 16.3. The lowest BCUT2D eigenvalue weighted by Crippen LogP contribution is -2.15. The number of sulfonamides is 1. The van der Waals surface area contributed by atoms with Crippen molar-refractivity contribution in [1.29, 1.82) is 0 Å². The predicted molar refractivity (Wildman–Crippen MR) is 86.7 cm³/mol. The van der Waals surface area contributed by atoms with Crippen LogP contribution < -0.4 is 4.72 Å². The molecule has 3 rings (SSSR count). The zero-order valence-corrected chi connectivity index (χ0v) is 12.8. The van der Waals surface area contributed by atoms with E-state index < -0.39 is 15.8 Å². The Balaban J connectivity index is 1.78. The summed E-state index contributed by atoms with van der Waals surface area (Å²) in [5.41, 5.74) is 1.74. The maximum atomic E-state index is 12.9. The summed E-state index contributed by atoms with van der Waals surface area (Å²) < 4.78 is 39.8. The molecule has 3 aromatic rings. The van der Waals surface area contributed by atoms with Crippen molar-refractivity contribution in [2.24, 2.45) is 0 Å². The molecule has 0 aliphatic carbocycles. The number of benzene rings is 2. The van der Waals surface area contributed by atoms with Gasteiger partial charge in [-0.2, -0.15) is 0 Å². The smallest absolute Gasteiger partial charge is 0.236 e. The highest BCUT2D eigenvalue weighted by molar-refractivity contribution is 7.91. The maximum absolute atomic E-state index is 12.9. The molecule has 0 unspecified atom stereocenters. The van der Waals surface area contributed by atoms with Gasteiger partial charge in [0.05, 0.1) is 5.75 Å². The minimum atomic E-state index is -3.59. The summed E-state index contributed by atoms with van der Waals surface area (Å²) in [6.07, 6.45) is 3.32. The fourth-order valence-electron chi connectivity index (χ4n) is 2.17. The van der Waals surface area contributed by atoms with Gasteiger partial charge >= 0.3 is 0 Å². The van der Waals surface area contributed by atoms with Crippen molar-refractivity contribution in [2.45, 2.75) is 5.75 Å². The third-order valence-electron chi connectivity index (χ3n) is 3.18. The first-order valence-corrected chi connectivity index (χ1v) is 8.52. The predicted octanol–water partition coefficient (Wildman–Crippen LogP) is 3.16. The molecule has 7 heteroatoms. The minimum Gasteiger partial charge on any atom is -0.345 e. The van der Waals surface area contributed by atoms with Gasteiger partial charge in [0.1, 0.15) is 11.6 Å². The van der Waals surface area contributed by atoms with Gasteiger partial charge in [0.15, 0.2) is 0 Å². The van der Waals surface area contributed by atoms with Crippen LogP contribution in [0.15, 0.2) is 60.9 Å². The lowest BCUT2D eigenvalue weighted by Gasteiger charge is -2.09. The second-order valence-electron chi connectivity index (χ2n) is 5.01. The van der Waals surface area contributed by atoms with Crippen molar-refractivity contribution in [3.05, 3.63) is 72.3 Å². The van der Waals surface area contributed by atoms with Crippen LogP contribution in [0.4, 0.5) is 10.1 Å². The van der Waals surface area contributed by atoms with Crippen molar-refractivity contribution in [3.63, 3.8) is 0 Å². The van der Waals surface area contributed by atoms with Crippen LogP contribution in [0.25, 0.3) is 11.4 Å². The van der Waals surface area contributed by atoms with Gasteiger partial charge in [0, 0.05) is 23.6 Å². The fourth-order valence-corrected chi connectivity index (χ4v) is 3.36. The highest BCUT2D eigenvalue weighted by atomic mass is 32.2. The Kier molecular flexibility index (Phi) is 4.12. The van der Waals surface area contributed by atoms with E-state index in [0.717, 1.165) is 5.56 Å². The molecule has 0 aliphatic heterocycles. The topological polar surface area (TPSA) is 74.8 Å². The number of anilines is 1. The highest BCUT2D eigenvalue weighted by Gasteiger charge is 2.12. The molecule has 0 saturated carbocycles. The molecule has 0 bridgehead atoms. The first-order valence-electron chi connectivity index (χ1n) is 6.87. The second-order valence-corrected chi connectivity index (χ2v) is 6.73. The van der Waals surface area contributed by atoms with E-state index in [0.29, 0.717) is 17.1 Å². The van der Waals surface area contributed by atoms with E-state index in [4.69, 9.17) is 0 Å². The summed E-state index contributed by atoms with van der Waals surface area (Å²) in [5, 5.41) is 0. The largest absolute Gasteiger partial charge is 0.345 e. The molecule has 2 N–H and O–H groups in total. The molecule has 0 saturated heterocycles. The van der Waals surface area contributed by atoms with Crippen LogP contribution in [-0.4, -0.2) is 18.4 Å². The van der Waals surface area contributed by atoms with Crippen LogP contribution in [0.5, 0.6) is 0 Å². The van der Waals surface area contributed by atoms with Crippen molar-refractivity contribution in [1.82, 2.24) is 9.97 Å². The average molecular weight is 331 g/mol. The van der Waals surface area contributed by atoms with Crippen LogP contribution in [0.2, 0.25) is 0 Å². The van der Waals surface area contributed by atoms with Gasteiger partial charge in [-0.3, -0.25) is 4.72 Å². The molecule has 0 atom stereocenters. The third kappa shape index (κ3) is 3.95. The summed E-state index contributed by atoms with van der Waals surface area (Å²) >= 11 is 0. The Morgan fingerprint density at radius 3 is 2.61 bits per heavy atom. The molecular formula is C16H14FN3O2S. The Morgan fingerprint density at radius 1 is 1.13 bits per heavy atom. The number of H-pyrrole nitrogens is 1. The van der Waals surface area contributed by atoms with Gasteiger partial charge in [0.25, 0.3) is 0 Å². The molecule has 2 aromatic carbocycles.